The fourth-order valence-electron chi connectivity index (χ4n) is 2.81. The molecular formula is C16H22N4O. The largest absolute Gasteiger partial charge is 0.396 e. The van der Waals surface area contributed by atoms with Gasteiger partial charge >= 0.3 is 0 Å². The Labute approximate surface area is 124 Å². The first-order chi connectivity index (χ1) is 10.4. The van der Waals surface area contributed by atoms with Gasteiger partial charge in [-0.05, 0) is 31.4 Å². The third kappa shape index (κ3) is 3.42. The van der Waals surface area contributed by atoms with Crippen molar-refractivity contribution < 1.29 is 5.11 Å². The van der Waals surface area contributed by atoms with Gasteiger partial charge in [-0.2, -0.15) is 4.98 Å². The molecule has 1 aromatic heterocycles. The lowest BCUT2D eigenvalue weighted by atomic mass is 10.2. The Bertz CT molecular complexity index is 596. The Kier molecular flexibility index (Phi) is 4.50. The highest BCUT2D eigenvalue weighted by molar-refractivity contribution is 5.90. The molecule has 1 saturated carbocycles. The summed E-state index contributed by atoms with van der Waals surface area (Å²) in [5.41, 5.74) is 0.944. The average Bonchev–Trinajstić information content (AvgIpc) is 3.01. The van der Waals surface area contributed by atoms with Gasteiger partial charge in [0.1, 0.15) is 5.82 Å². The van der Waals surface area contributed by atoms with Gasteiger partial charge in [0, 0.05) is 24.6 Å². The van der Waals surface area contributed by atoms with Gasteiger partial charge in [-0.25, -0.2) is 4.98 Å². The van der Waals surface area contributed by atoms with Crippen LogP contribution < -0.4 is 10.6 Å². The van der Waals surface area contributed by atoms with E-state index in [1.165, 1.54) is 25.7 Å². The van der Waals surface area contributed by atoms with Crippen LogP contribution in [0.2, 0.25) is 0 Å². The van der Waals surface area contributed by atoms with Crippen LogP contribution in [-0.4, -0.2) is 34.3 Å². The Morgan fingerprint density at radius 3 is 2.76 bits per heavy atom. The van der Waals surface area contributed by atoms with E-state index < -0.39 is 0 Å². The topological polar surface area (TPSA) is 70.1 Å². The molecule has 1 heterocycles. The first-order valence-corrected chi connectivity index (χ1v) is 7.75. The van der Waals surface area contributed by atoms with E-state index in [2.05, 4.69) is 26.7 Å². The van der Waals surface area contributed by atoms with Gasteiger partial charge < -0.3 is 15.7 Å². The second kappa shape index (κ2) is 6.72. The number of fused-ring (bicyclic) bond motifs is 1. The van der Waals surface area contributed by atoms with Crippen molar-refractivity contribution in [2.45, 2.75) is 38.1 Å². The summed E-state index contributed by atoms with van der Waals surface area (Å²) in [6.07, 6.45) is 5.71. The first-order valence-electron chi connectivity index (χ1n) is 7.75. The highest BCUT2D eigenvalue weighted by Crippen LogP contribution is 2.26. The molecule has 0 atom stereocenters. The van der Waals surface area contributed by atoms with Gasteiger partial charge in [-0.15, -0.1) is 0 Å². The Morgan fingerprint density at radius 2 is 1.95 bits per heavy atom. The smallest absolute Gasteiger partial charge is 0.225 e. The van der Waals surface area contributed by atoms with Gasteiger partial charge in [0.15, 0.2) is 0 Å². The van der Waals surface area contributed by atoms with Gasteiger partial charge in [0.05, 0.1) is 5.52 Å². The van der Waals surface area contributed by atoms with E-state index in [4.69, 9.17) is 5.11 Å². The number of aliphatic hydroxyl groups is 1. The molecule has 5 nitrogen and oxygen atoms in total. The number of aliphatic hydroxyl groups excluding tert-OH is 1. The van der Waals surface area contributed by atoms with Crippen LogP contribution in [0.15, 0.2) is 24.3 Å². The van der Waals surface area contributed by atoms with E-state index in [1.807, 2.05) is 18.2 Å². The molecule has 1 fully saturated rings. The molecule has 0 spiro atoms. The number of nitrogens with zero attached hydrogens (tertiary/aromatic N) is 2. The van der Waals surface area contributed by atoms with Crippen molar-refractivity contribution in [1.82, 2.24) is 9.97 Å². The predicted molar refractivity (Wildman–Crippen MR) is 85.6 cm³/mol. The minimum absolute atomic E-state index is 0.174. The molecule has 1 aliphatic rings. The van der Waals surface area contributed by atoms with E-state index in [9.17, 15) is 0 Å². The molecule has 0 aliphatic heterocycles. The third-order valence-corrected chi connectivity index (χ3v) is 3.92. The van der Waals surface area contributed by atoms with E-state index in [1.54, 1.807) is 0 Å². The summed E-state index contributed by atoms with van der Waals surface area (Å²) >= 11 is 0. The summed E-state index contributed by atoms with van der Waals surface area (Å²) in [7, 11) is 0. The van der Waals surface area contributed by atoms with E-state index in [0.29, 0.717) is 25.0 Å². The molecule has 3 N–H and O–H groups in total. The lowest BCUT2D eigenvalue weighted by Gasteiger charge is -2.16. The maximum absolute atomic E-state index is 8.87. The van der Waals surface area contributed by atoms with Gasteiger partial charge in [0.2, 0.25) is 5.95 Å². The molecule has 112 valence electrons. The Balaban J connectivity index is 1.87. The van der Waals surface area contributed by atoms with Crippen molar-refractivity contribution in [2.75, 3.05) is 23.8 Å². The number of rotatable bonds is 6. The van der Waals surface area contributed by atoms with Crippen LogP contribution in [0.4, 0.5) is 11.8 Å². The Morgan fingerprint density at radius 1 is 1.14 bits per heavy atom. The highest BCUT2D eigenvalue weighted by Gasteiger charge is 2.17. The molecular weight excluding hydrogens is 264 g/mol. The summed E-state index contributed by atoms with van der Waals surface area (Å²) in [4.78, 5) is 9.16. The minimum Gasteiger partial charge on any atom is -0.396 e. The fraction of sp³-hybridized carbons (Fsp3) is 0.500. The molecule has 5 heteroatoms. The zero-order valence-electron chi connectivity index (χ0n) is 12.2. The first kappa shape index (κ1) is 14.1. The van der Waals surface area contributed by atoms with Crippen LogP contribution in [0.5, 0.6) is 0 Å². The van der Waals surface area contributed by atoms with Crippen molar-refractivity contribution in [3.05, 3.63) is 24.3 Å². The Hall–Kier alpha value is -1.88. The molecule has 3 rings (SSSR count). The molecule has 1 aromatic carbocycles. The van der Waals surface area contributed by atoms with Crippen LogP contribution in [0.3, 0.4) is 0 Å². The second-order valence-electron chi connectivity index (χ2n) is 5.54. The number of benzene rings is 1. The minimum atomic E-state index is 0.174. The van der Waals surface area contributed by atoms with Crippen molar-refractivity contribution in [1.29, 1.82) is 0 Å². The number of hydrogen-bond acceptors (Lipinski definition) is 5. The summed E-state index contributed by atoms with van der Waals surface area (Å²) in [6, 6.07) is 8.60. The van der Waals surface area contributed by atoms with Crippen molar-refractivity contribution >= 4 is 22.7 Å². The van der Waals surface area contributed by atoms with Gasteiger partial charge in [0.25, 0.3) is 0 Å². The lowest BCUT2D eigenvalue weighted by molar-refractivity contribution is 0.292. The van der Waals surface area contributed by atoms with E-state index in [-0.39, 0.29) is 6.61 Å². The fourth-order valence-corrected chi connectivity index (χ4v) is 2.81. The average molecular weight is 286 g/mol. The van der Waals surface area contributed by atoms with Crippen molar-refractivity contribution in [2.24, 2.45) is 0 Å². The molecule has 21 heavy (non-hydrogen) atoms. The van der Waals surface area contributed by atoms with E-state index >= 15 is 0 Å². The van der Waals surface area contributed by atoms with Crippen LogP contribution in [-0.2, 0) is 0 Å². The summed E-state index contributed by atoms with van der Waals surface area (Å²) < 4.78 is 0. The molecule has 2 aromatic rings. The summed E-state index contributed by atoms with van der Waals surface area (Å²) in [5.74, 6) is 1.54. The quantitative estimate of drug-likeness (QED) is 0.712. The molecule has 0 unspecified atom stereocenters. The van der Waals surface area contributed by atoms with Crippen LogP contribution >= 0.6 is 0 Å². The standard InChI is InChI=1S/C16H22N4O/c21-11-5-10-17-16-19-14-9-4-3-8-13(14)15(20-16)18-12-6-1-2-7-12/h3-4,8-9,12,21H,1-2,5-7,10-11H2,(H2,17,18,19,20). The molecule has 0 amide bonds. The maximum Gasteiger partial charge on any atom is 0.225 e. The molecule has 0 saturated heterocycles. The second-order valence-corrected chi connectivity index (χ2v) is 5.54. The summed E-state index contributed by atoms with van der Waals surface area (Å²) in [5, 5.41) is 16.7. The maximum atomic E-state index is 8.87. The van der Waals surface area contributed by atoms with Gasteiger partial charge in [-0.1, -0.05) is 25.0 Å². The number of para-hydroxylation sites is 1. The van der Waals surface area contributed by atoms with Crippen molar-refractivity contribution in [3.8, 4) is 0 Å². The molecule has 0 radical (unpaired) electrons. The van der Waals surface area contributed by atoms with E-state index in [0.717, 1.165) is 16.7 Å². The van der Waals surface area contributed by atoms with Crippen LogP contribution in [0, 0.1) is 0 Å². The number of anilines is 2. The lowest BCUT2D eigenvalue weighted by Crippen LogP contribution is -2.17. The van der Waals surface area contributed by atoms with Crippen LogP contribution in [0.25, 0.3) is 10.9 Å². The number of aromatic nitrogens is 2. The highest BCUT2D eigenvalue weighted by atomic mass is 16.3. The third-order valence-electron chi connectivity index (χ3n) is 3.92. The zero-order chi connectivity index (χ0) is 14.5. The number of nitrogens with one attached hydrogen (secondary N) is 2. The molecule has 1 aliphatic carbocycles. The normalized spacial score (nSPS) is 15.5. The predicted octanol–water partition coefficient (Wildman–Crippen LogP) is 2.78. The zero-order valence-corrected chi connectivity index (χ0v) is 12.2. The van der Waals surface area contributed by atoms with Crippen LogP contribution in [0.1, 0.15) is 32.1 Å². The SMILES string of the molecule is OCCCNc1nc(NC2CCCC2)c2ccccc2n1. The van der Waals surface area contributed by atoms with Gasteiger partial charge in [-0.3, -0.25) is 0 Å². The molecule has 0 bridgehead atoms. The monoisotopic (exact) mass is 286 g/mol. The summed E-state index contributed by atoms with van der Waals surface area (Å²) in [6.45, 7) is 0.853. The van der Waals surface area contributed by atoms with Crippen molar-refractivity contribution in [3.63, 3.8) is 0 Å². The number of hydrogen-bond donors (Lipinski definition) is 3.